The van der Waals surface area contributed by atoms with E-state index in [1.807, 2.05) is 0 Å². The fourth-order valence-corrected chi connectivity index (χ4v) is 3.90. The topological polar surface area (TPSA) is 29.9 Å². The summed E-state index contributed by atoms with van der Waals surface area (Å²) in [4.78, 5) is 0. The van der Waals surface area contributed by atoms with E-state index in [-0.39, 0.29) is 0 Å². The lowest BCUT2D eigenvalue weighted by Gasteiger charge is -2.36. The van der Waals surface area contributed by atoms with Crippen molar-refractivity contribution in [1.82, 2.24) is 15.1 Å². The van der Waals surface area contributed by atoms with Gasteiger partial charge in [-0.25, -0.2) is 0 Å². The van der Waals surface area contributed by atoms with Crippen LogP contribution in [0.15, 0.2) is 6.07 Å². The minimum absolute atomic E-state index is 0.822. The fraction of sp³-hybridized carbons (Fsp3) is 0.833. The van der Waals surface area contributed by atoms with Gasteiger partial charge in [-0.2, -0.15) is 5.10 Å². The third-order valence-electron chi connectivity index (χ3n) is 5.23. The molecule has 1 saturated carbocycles. The first kappa shape index (κ1) is 16.5. The van der Waals surface area contributed by atoms with Gasteiger partial charge in [0.25, 0.3) is 0 Å². The third-order valence-corrected chi connectivity index (χ3v) is 5.23. The first-order valence-electron chi connectivity index (χ1n) is 8.84. The quantitative estimate of drug-likeness (QED) is 0.776. The van der Waals surface area contributed by atoms with Crippen LogP contribution in [0, 0.1) is 24.7 Å². The molecule has 0 radical (unpaired) electrons. The Bertz CT molecular complexity index is 422. The molecule has 1 aliphatic rings. The van der Waals surface area contributed by atoms with Crippen LogP contribution in [0.1, 0.15) is 57.3 Å². The molecule has 3 nitrogen and oxygen atoms in total. The van der Waals surface area contributed by atoms with Gasteiger partial charge in [0, 0.05) is 12.7 Å². The maximum Gasteiger partial charge on any atom is 0.0596 e. The average Bonchev–Trinajstić information content (AvgIpc) is 2.78. The van der Waals surface area contributed by atoms with E-state index in [4.69, 9.17) is 0 Å². The van der Waals surface area contributed by atoms with Gasteiger partial charge in [0.05, 0.1) is 5.69 Å². The van der Waals surface area contributed by atoms with E-state index >= 15 is 0 Å². The molecule has 3 unspecified atom stereocenters. The summed E-state index contributed by atoms with van der Waals surface area (Å²) in [5, 5.41) is 8.17. The summed E-state index contributed by atoms with van der Waals surface area (Å²) in [5.41, 5.74) is 2.56. The number of nitrogens with one attached hydrogen (secondary N) is 1. The summed E-state index contributed by atoms with van der Waals surface area (Å²) in [6, 6.07) is 2.27. The van der Waals surface area contributed by atoms with E-state index in [1.165, 1.54) is 50.8 Å². The lowest BCUT2D eigenvalue weighted by molar-refractivity contribution is 0.169. The normalized spacial score (nSPS) is 26.2. The summed E-state index contributed by atoms with van der Waals surface area (Å²) < 4.78 is 2.08. The molecule has 1 aliphatic carbocycles. The monoisotopic (exact) mass is 291 g/mol. The number of aryl methyl sites for hydroxylation is 2. The smallest absolute Gasteiger partial charge is 0.0596 e. The molecular weight excluding hydrogens is 258 g/mol. The molecule has 1 aromatic heterocycles. The number of hydrogen-bond donors (Lipinski definition) is 1. The van der Waals surface area contributed by atoms with Gasteiger partial charge in [0.15, 0.2) is 0 Å². The minimum Gasteiger partial charge on any atom is -0.316 e. The highest BCUT2D eigenvalue weighted by atomic mass is 15.3. The highest BCUT2D eigenvalue weighted by Gasteiger charge is 2.30. The molecule has 0 bridgehead atoms. The van der Waals surface area contributed by atoms with Gasteiger partial charge < -0.3 is 5.32 Å². The molecule has 1 aromatic rings. The van der Waals surface area contributed by atoms with Crippen molar-refractivity contribution < 1.29 is 0 Å². The Labute approximate surface area is 130 Å². The fourth-order valence-electron chi connectivity index (χ4n) is 3.90. The van der Waals surface area contributed by atoms with Gasteiger partial charge in [-0.15, -0.1) is 0 Å². The van der Waals surface area contributed by atoms with E-state index < -0.39 is 0 Å². The van der Waals surface area contributed by atoms with Crippen molar-refractivity contribution in [3.63, 3.8) is 0 Å². The van der Waals surface area contributed by atoms with E-state index in [0.717, 1.165) is 30.0 Å². The molecular formula is C18H33N3. The predicted octanol–water partition coefficient (Wildman–Crippen LogP) is 3.71. The lowest BCUT2D eigenvalue weighted by atomic mass is 9.71. The summed E-state index contributed by atoms with van der Waals surface area (Å²) in [6.45, 7) is 9.05. The Morgan fingerprint density at radius 2 is 2.10 bits per heavy atom. The molecule has 3 atom stereocenters. The van der Waals surface area contributed by atoms with Gasteiger partial charge in [0.2, 0.25) is 0 Å². The van der Waals surface area contributed by atoms with Crippen molar-refractivity contribution >= 4 is 0 Å². The molecule has 0 spiro atoms. The third kappa shape index (κ3) is 4.57. The molecule has 120 valence electrons. The molecule has 21 heavy (non-hydrogen) atoms. The first-order valence-corrected chi connectivity index (χ1v) is 8.84. The molecule has 2 rings (SSSR count). The molecule has 0 aliphatic heterocycles. The van der Waals surface area contributed by atoms with Gasteiger partial charge in [0.1, 0.15) is 0 Å². The lowest BCUT2D eigenvalue weighted by Crippen LogP contribution is -2.34. The van der Waals surface area contributed by atoms with E-state index in [1.54, 1.807) is 0 Å². The van der Waals surface area contributed by atoms with Crippen LogP contribution in [0.5, 0.6) is 0 Å². The summed E-state index contributed by atoms with van der Waals surface area (Å²) in [5.74, 6) is 2.60. The van der Waals surface area contributed by atoms with Crippen molar-refractivity contribution in [2.45, 2.75) is 59.3 Å². The Balaban J connectivity index is 2.00. The number of hydrogen-bond acceptors (Lipinski definition) is 2. The van der Waals surface area contributed by atoms with E-state index in [2.05, 4.69) is 49.0 Å². The first-order chi connectivity index (χ1) is 10.1. The van der Waals surface area contributed by atoms with Crippen molar-refractivity contribution in [2.24, 2.45) is 24.8 Å². The van der Waals surface area contributed by atoms with Crippen LogP contribution >= 0.6 is 0 Å². The van der Waals surface area contributed by atoms with Crippen LogP contribution in [0.25, 0.3) is 0 Å². The summed E-state index contributed by atoms with van der Waals surface area (Å²) in [6.07, 6.45) is 8.00. The summed E-state index contributed by atoms with van der Waals surface area (Å²) in [7, 11) is 2.09. The second-order valence-electron chi connectivity index (χ2n) is 6.92. The zero-order valence-electron chi connectivity index (χ0n) is 14.4. The molecule has 0 amide bonds. The zero-order valence-corrected chi connectivity index (χ0v) is 14.4. The minimum atomic E-state index is 0.822. The van der Waals surface area contributed by atoms with Crippen LogP contribution in [0.2, 0.25) is 0 Å². The highest BCUT2D eigenvalue weighted by molar-refractivity contribution is 5.10. The maximum atomic E-state index is 4.52. The molecule has 0 saturated heterocycles. The Kier molecular flexibility index (Phi) is 6.28. The van der Waals surface area contributed by atoms with Crippen LogP contribution in [-0.2, 0) is 13.5 Å². The largest absolute Gasteiger partial charge is 0.316 e. The summed E-state index contributed by atoms with van der Waals surface area (Å²) >= 11 is 0. The maximum absolute atomic E-state index is 4.52. The number of aromatic nitrogens is 2. The SMILES string of the molecule is CCCNCC1CCC(CC)CC1Cc1cc(C)nn1C. The van der Waals surface area contributed by atoms with Gasteiger partial charge in [-0.3, -0.25) is 4.68 Å². The van der Waals surface area contributed by atoms with Gasteiger partial charge >= 0.3 is 0 Å². The van der Waals surface area contributed by atoms with Gasteiger partial charge in [-0.1, -0.05) is 26.7 Å². The van der Waals surface area contributed by atoms with Crippen molar-refractivity contribution in [3.05, 3.63) is 17.5 Å². The van der Waals surface area contributed by atoms with Crippen LogP contribution in [-0.4, -0.2) is 22.9 Å². The van der Waals surface area contributed by atoms with Crippen molar-refractivity contribution in [3.8, 4) is 0 Å². The van der Waals surface area contributed by atoms with Crippen molar-refractivity contribution in [1.29, 1.82) is 0 Å². The van der Waals surface area contributed by atoms with Crippen LogP contribution in [0.3, 0.4) is 0 Å². The second kappa shape index (κ2) is 7.98. The number of rotatable bonds is 7. The zero-order chi connectivity index (χ0) is 15.2. The van der Waals surface area contributed by atoms with E-state index in [0.29, 0.717) is 0 Å². The average molecular weight is 291 g/mol. The standard InChI is InChI=1S/C18H33N3/c1-5-9-19-13-16-8-7-15(6-2)11-17(16)12-18-10-14(3)20-21(18)4/h10,15-17,19H,5-9,11-13H2,1-4H3. The highest BCUT2D eigenvalue weighted by Crippen LogP contribution is 2.37. The molecule has 1 N–H and O–H groups in total. The molecule has 3 heteroatoms. The Morgan fingerprint density at radius 1 is 1.29 bits per heavy atom. The van der Waals surface area contributed by atoms with Crippen LogP contribution in [0.4, 0.5) is 0 Å². The molecule has 1 heterocycles. The Morgan fingerprint density at radius 3 is 2.71 bits per heavy atom. The van der Waals surface area contributed by atoms with Crippen molar-refractivity contribution in [2.75, 3.05) is 13.1 Å². The molecule has 0 aromatic carbocycles. The second-order valence-corrected chi connectivity index (χ2v) is 6.92. The Hall–Kier alpha value is -0.830. The van der Waals surface area contributed by atoms with Gasteiger partial charge in [-0.05, 0) is 69.5 Å². The van der Waals surface area contributed by atoms with E-state index in [9.17, 15) is 0 Å². The predicted molar refractivity (Wildman–Crippen MR) is 89.4 cm³/mol. The van der Waals surface area contributed by atoms with Crippen LogP contribution < -0.4 is 5.32 Å². The number of nitrogens with zero attached hydrogens (tertiary/aromatic N) is 2. The molecule has 1 fully saturated rings.